The van der Waals surface area contributed by atoms with Crippen molar-refractivity contribution >= 4 is 15.7 Å². The van der Waals surface area contributed by atoms with Crippen LogP contribution >= 0.6 is 0 Å². The van der Waals surface area contributed by atoms with Gasteiger partial charge in [0.05, 0.1) is 24.7 Å². The Morgan fingerprint density at radius 1 is 1.12 bits per heavy atom. The minimum absolute atomic E-state index is 0.117. The number of nitro groups is 1. The number of ether oxygens (including phenoxy) is 2. The number of non-ortho nitro benzene ring substituents is 1. The number of alkyl halides is 3. The van der Waals surface area contributed by atoms with Crippen LogP contribution in [0.5, 0.6) is 11.5 Å². The Balaban J connectivity index is 2.31. The molecule has 0 aliphatic carbocycles. The number of methoxy groups -OCH3 is 2. The van der Waals surface area contributed by atoms with E-state index in [2.05, 4.69) is 14.6 Å². The molecule has 0 radical (unpaired) electrons. The molecule has 0 spiro atoms. The molecule has 0 unspecified atom stereocenters. The van der Waals surface area contributed by atoms with Crippen LogP contribution in [0.25, 0.3) is 11.5 Å². The molecule has 176 valence electrons. The monoisotopic (exact) mass is 488 g/mol. The van der Waals surface area contributed by atoms with Gasteiger partial charge < -0.3 is 13.9 Å². The third-order valence-electron chi connectivity index (χ3n) is 4.44. The Labute approximate surface area is 184 Å². The topological polar surface area (TPSA) is 161 Å². The van der Waals surface area contributed by atoms with Gasteiger partial charge in [0.15, 0.2) is 0 Å². The maximum absolute atomic E-state index is 13.0. The lowest BCUT2D eigenvalue weighted by Crippen LogP contribution is -2.15. The molecule has 3 aromatic rings. The van der Waals surface area contributed by atoms with Crippen LogP contribution in [0, 0.1) is 10.1 Å². The van der Waals surface area contributed by atoms with Crippen molar-refractivity contribution < 1.29 is 40.4 Å². The Hall–Kier alpha value is -3.72. The van der Waals surface area contributed by atoms with Crippen molar-refractivity contribution in [1.82, 2.24) is 10.2 Å². The number of rotatable bonds is 7. The molecule has 15 heteroatoms. The summed E-state index contributed by atoms with van der Waals surface area (Å²) in [4.78, 5) is 9.68. The highest BCUT2D eigenvalue weighted by Gasteiger charge is 2.39. The largest absolute Gasteiger partial charge is 0.497 e. The second kappa shape index (κ2) is 8.67. The SMILES string of the molecule is COc1ccc(Cc2cc([N+](=O)[O-])cc(S(N)(=O)=O)c2-c2nnc(C(F)(F)F)o2)c(OC)c1. The first-order chi connectivity index (χ1) is 15.3. The fourth-order valence-electron chi connectivity index (χ4n) is 3.01. The Morgan fingerprint density at radius 2 is 1.82 bits per heavy atom. The number of primary sulfonamides is 1. The zero-order chi connectivity index (χ0) is 24.6. The van der Waals surface area contributed by atoms with Crippen LogP contribution < -0.4 is 14.6 Å². The number of benzene rings is 2. The maximum atomic E-state index is 13.0. The molecule has 2 N–H and O–H groups in total. The zero-order valence-corrected chi connectivity index (χ0v) is 17.7. The standard InChI is InChI=1S/C18H15F3N4O7S/c1-30-12-4-3-9(13(8-12)31-2)5-10-6-11(25(26)27)7-14(33(22,28)29)15(10)16-23-24-17(32-16)18(19,20)21/h3-4,6-8H,5H2,1-2H3,(H2,22,28,29). The molecule has 0 aliphatic heterocycles. The average molecular weight is 488 g/mol. The smallest absolute Gasteiger partial charge is 0.470 e. The number of nitrogens with two attached hydrogens (primary N) is 1. The van der Waals surface area contributed by atoms with E-state index in [1.165, 1.54) is 26.4 Å². The third kappa shape index (κ3) is 5.04. The molecule has 0 saturated carbocycles. The zero-order valence-electron chi connectivity index (χ0n) is 16.9. The molecule has 0 amide bonds. The quantitative estimate of drug-likeness (QED) is 0.389. The third-order valence-corrected chi connectivity index (χ3v) is 5.38. The lowest BCUT2D eigenvalue weighted by molar-refractivity contribution is -0.385. The van der Waals surface area contributed by atoms with Crippen LogP contribution in [-0.4, -0.2) is 37.8 Å². The normalized spacial score (nSPS) is 11.9. The van der Waals surface area contributed by atoms with Crippen LogP contribution in [-0.2, 0) is 22.6 Å². The van der Waals surface area contributed by atoms with Gasteiger partial charge in [-0.05, 0) is 17.2 Å². The predicted octanol–water partition coefficient (Wildman–Crippen LogP) is 2.92. The highest BCUT2D eigenvalue weighted by molar-refractivity contribution is 7.89. The molecule has 11 nitrogen and oxygen atoms in total. The summed E-state index contributed by atoms with van der Waals surface area (Å²) in [5, 5.41) is 22.8. The second-order valence-corrected chi connectivity index (χ2v) is 8.07. The van der Waals surface area contributed by atoms with Crippen LogP contribution in [0.15, 0.2) is 39.6 Å². The van der Waals surface area contributed by atoms with E-state index in [1.54, 1.807) is 6.07 Å². The molecular weight excluding hydrogens is 473 g/mol. The highest BCUT2D eigenvalue weighted by atomic mass is 32.2. The number of hydrogen-bond acceptors (Lipinski definition) is 9. The maximum Gasteiger partial charge on any atom is 0.470 e. The van der Waals surface area contributed by atoms with Crippen LogP contribution in [0.4, 0.5) is 18.9 Å². The van der Waals surface area contributed by atoms with Gasteiger partial charge in [-0.1, -0.05) is 6.07 Å². The Bertz CT molecular complexity index is 1320. The molecule has 0 fully saturated rings. The molecule has 0 saturated heterocycles. The van der Waals surface area contributed by atoms with E-state index in [-0.39, 0.29) is 17.7 Å². The van der Waals surface area contributed by atoms with E-state index in [1.807, 2.05) is 0 Å². The van der Waals surface area contributed by atoms with Crippen LogP contribution in [0.3, 0.4) is 0 Å². The molecule has 1 aromatic heterocycles. The van der Waals surface area contributed by atoms with Gasteiger partial charge in [0, 0.05) is 24.6 Å². The molecule has 0 atom stereocenters. The van der Waals surface area contributed by atoms with Crippen molar-refractivity contribution in [2.24, 2.45) is 5.14 Å². The first kappa shape index (κ1) is 23.9. The van der Waals surface area contributed by atoms with E-state index in [9.17, 15) is 31.7 Å². The number of sulfonamides is 1. The summed E-state index contributed by atoms with van der Waals surface area (Å²) in [6.45, 7) is 0. The Morgan fingerprint density at radius 3 is 2.33 bits per heavy atom. The number of nitro benzene ring substituents is 1. The molecule has 0 aliphatic rings. The molecule has 33 heavy (non-hydrogen) atoms. The van der Waals surface area contributed by atoms with Crippen molar-refractivity contribution in [3.05, 3.63) is 57.5 Å². The van der Waals surface area contributed by atoms with E-state index < -0.39 is 49.1 Å². The van der Waals surface area contributed by atoms with Crippen LogP contribution in [0.2, 0.25) is 0 Å². The summed E-state index contributed by atoms with van der Waals surface area (Å²) in [5.41, 5.74) is -0.880. The van der Waals surface area contributed by atoms with E-state index >= 15 is 0 Å². The van der Waals surface area contributed by atoms with Gasteiger partial charge in [0.25, 0.3) is 5.69 Å². The summed E-state index contributed by atoms with van der Waals surface area (Å²) in [7, 11) is -1.91. The van der Waals surface area contributed by atoms with E-state index in [0.29, 0.717) is 17.4 Å². The summed E-state index contributed by atoms with van der Waals surface area (Å²) in [5.74, 6) is -1.87. The minimum Gasteiger partial charge on any atom is -0.497 e. The minimum atomic E-state index is -5.01. The van der Waals surface area contributed by atoms with Crippen molar-refractivity contribution in [2.45, 2.75) is 17.5 Å². The summed E-state index contributed by atoms with van der Waals surface area (Å²) in [6.07, 6.45) is -5.23. The molecule has 2 aromatic carbocycles. The fourth-order valence-corrected chi connectivity index (χ4v) is 3.80. The predicted molar refractivity (Wildman–Crippen MR) is 105 cm³/mol. The number of hydrogen-bond donors (Lipinski definition) is 1. The summed E-state index contributed by atoms with van der Waals surface area (Å²) < 4.78 is 78.4. The highest BCUT2D eigenvalue weighted by Crippen LogP contribution is 2.38. The lowest BCUT2D eigenvalue weighted by atomic mass is 9.98. The van der Waals surface area contributed by atoms with Crippen molar-refractivity contribution in [2.75, 3.05) is 14.2 Å². The van der Waals surface area contributed by atoms with E-state index in [0.717, 1.165) is 6.07 Å². The number of nitrogens with zero attached hydrogens (tertiary/aromatic N) is 3. The molecule has 0 bridgehead atoms. The van der Waals surface area contributed by atoms with Gasteiger partial charge in [-0.2, -0.15) is 13.2 Å². The lowest BCUT2D eigenvalue weighted by Gasteiger charge is -2.14. The molecule has 1 heterocycles. The van der Waals surface area contributed by atoms with Gasteiger partial charge in [-0.15, -0.1) is 10.2 Å². The summed E-state index contributed by atoms with van der Waals surface area (Å²) >= 11 is 0. The van der Waals surface area contributed by atoms with Gasteiger partial charge in [-0.25, -0.2) is 13.6 Å². The fraction of sp³-hybridized carbons (Fsp3) is 0.222. The van der Waals surface area contributed by atoms with Crippen molar-refractivity contribution in [3.8, 4) is 23.0 Å². The van der Waals surface area contributed by atoms with Gasteiger partial charge in [0.1, 0.15) is 16.4 Å². The number of aromatic nitrogens is 2. The van der Waals surface area contributed by atoms with Gasteiger partial charge in [0.2, 0.25) is 15.9 Å². The van der Waals surface area contributed by atoms with Crippen molar-refractivity contribution in [1.29, 1.82) is 0 Å². The first-order valence-electron chi connectivity index (χ1n) is 8.81. The van der Waals surface area contributed by atoms with Crippen molar-refractivity contribution in [3.63, 3.8) is 0 Å². The first-order valence-corrected chi connectivity index (χ1v) is 10.4. The average Bonchev–Trinajstić information content (AvgIpc) is 3.23. The Kier molecular flexibility index (Phi) is 6.29. The molecule has 3 rings (SSSR count). The van der Waals surface area contributed by atoms with Crippen LogP contribution in [0.1, 0.15) is 17.0 Å². The van der Waals surface area contributed by atoms with E-state index in [4.69, 9.17) is 14.6 Å². The summed E-state index contributed by atoms with van der Waals surface area (Å²) in [6, 6.07) is 6.17. The van der Waals surface area contributed by atoms with Gasteiger partial charge >= 0.3 is 12.1 Å². The number of halogens is 3. The second-order valence-electron chi connectivity index (χ2n) is 6.54. The molecular formula is C18H15F3N4O7S. The van der Waals surface area contributed by atoms with Gasteiger partial charge in [-0.3, -0.25) is 10.1 Å².